The molecule has 2 heterocycles. The number of carbonyl (C=O) groups excluding carboxylic acids is 1. The third kappa shape index (κ3) is 2.26. The van der Waals surface area contributed by atoms with Crippen LogP contribution in [0.15, 0.2) is 18.6 Å². The summed E-state index contributed by atoms with van der Waals surface area (Å²) in [4.78, 5) is 18.7. The Morgan fingerprint density at radius 2 is 2.25 bits per heavy atom. The van der Waals surface area contributed by atoms with E-state index in [0.29, 0.717) is 17.9 Å². The van der Waals surface area contributed by atoms with E-state index in [-0.39, 0.29) is 11.9 Å². The van der Waals surface area contributed by atoms with Gasteiger partial charge in [-0.1, -0.05) is 0 Å². The normalized spacial score (nSPS) is 14.5. The molecule has 7 heteroatoms. The Hall–Kier alpha value is -2.31. The molecule has 0 unspecified atom stereocenters. The molecule has 1 aliphatic carbocycles. The number of amides is 1. The summed E-state index contributed by atoms with van der Waals surface area (Å²) in [7, 11) is 3.68. The zero-order valence-electron chi connectivity index (χ0n) is 11.7. The van der Waals surface area contributed by atoms with Crippen LogP contribution in [0.4, 0.5) is 5.69 Å². The highest BCUT2D eigenvalue weighted by Crippen LogP contribution is 2.30. The van der Waals surface area contributed by atoms with Crippen molar-refractivity contribution in [1.82, 2.24) is 24.2 Å². The lowest BCUT2D eigenvalue weighted by Gasteiger charge is -2.21. The number of nitrogens with two attached hydrogens (primary N) is 1. The first kappa shape index (κ1) is 12.7. The molecular weight excluding hydrogens is 256 g/mol. The Bertz CT molecular complexity index is 639. The van der Waals surface area contributed by atoms with Crippen molar-refractivity contribution in [1.29, 1.82) is 0 Å². The second kappa shape index (κ2) is 4.66. The number of nitrogen functional groups attached to an aromatic ring is 1. The average molecular weight is 274 g/mol. The molecule has 3 rings (SSSR count). The van der Waals surface area contributed by atoms with E-state index in [1.54, 1.807) is 24.1 Å². The Morgan fingerprint density at radius 1 is 1.50 bits per heavy atom. The Kier molecular flexibility index (Phi) is 2.96. The molecule has 7 nitrogen and oxygen atoms in total. The zero-order chi connectivity index (χ0) is 14.3. The highest BCUT2D eigenvalue weighted by Gasteiger charge is 2.35. The summed E-state index contributed by atoms with van der Waals surface area (Å²) in [5, 5.41) is 4.17. The van der Waals surface area contributed by atoms with Crippen LogP contribution in [-0.4, -0.2) is 36.2 Å². The maximum atomic E-state index is 12.6. The van der Waals surface area contributed by atoms with Gasteiger partial charge in [0.1, 0.15) is 5.82 Å². The maximum Gasteiger partial charge on any atom is 0.277 e. The van der Waals surface area contributed by atoms with E-state index in [4.69, 9.17) is 5.73 Å². The third-order valence-corrected chi connectivity index (χ3v) is 3.54. The van der Waals surface area contributed by atoms with Crippen LogP contribution in [0.3, 0.4) is 0 Å². The Morgan fingerprint density at radius 3 is 2.75 bits per heavy atom. The Balaban J connectivity index is 1.85. The van der Waals surface area contributed by atoms with Crippen molar-refractivity contribution in [2.75, 3.05) is 5.73 Å². The van der Waals surface area contributed by atoms with E-state index in [9.17, 15) is 4.79 Å². The number of imidazole rings is 1. The van der Waals surface area contributed by atoms with Crippen LogP contribution >= 0.6 is 0 Å². The smallest absolute Gasteiger partial charge is 0.277 e. The van der Waals surface area contributed by atoms with Gasteiger partial charge in [-0.3, -0.25) is 9.48 Å². The molecule has 0 radical (unpaired) electrons. The summed E-state index contributed by atoms with van der Waals surface area (Å²) in [6, 6.07) is 0.278. The lowest BCUT2D eigenvalue weighted by Crippen LogP contribution is -2.34. The second-order valence-electron chi connectivity index (χ2n) is 5.23. The van der Waals surface area contributed by atoms with Gasteiger partial charge in [-0.15, -0.1) is 0 Å². The molecule has 2 aromatic rings. The average Bonchev–Trinajstić information content (AvgIpc) is 3.08. The van der Waals surface area contributed by atoms with Crippen LogP contribution < -0.4 is 5.73 Å². The van der Waals surface area contributed by atoms with Crippen molar-refractivity contribution in [2.45, 2.75) is 25.4 Å². The van der Waals surface area contributed by atoms with Crippen molar-refractivity contribution >= 4 is 11.6 Å². The summed E-state index contributed by atoms with van der Waals surface area (Å²) in [5.41, 5.74) is 6.60. The van der Waals surface area contributed by atoms with Crippen molar-refractivity contribution in [3.63, 3.8) is 0 Å². The highest BCUT2D eigenvalue weighted by molar-refractivity contribution is 5.97. The van der Waals surface area contributed by atoms with Crippen LogP contribution in [0, 0.1) is 0 Å². The van der Waals surface area contributed by atoms with Crippen molar-refractivity contribution in [3.05, 3.63) is 30.1 Å². The number of anilines is 1. The summed E-state index contributed by atoms with van der Waals surface area (Å²) in [5.74, 6) is 0.744. The monoisotopic (exact) mass is 274 g/mol. The molecule has 0 bridgehead atoms. The number of nitrogens with zero attached hydrogens (tertiary/aromatic N) is 5. The molecule has 0 atom stereocenters. The van der Waals surface area contributed by atoms with Gasteiger partial charge in [-0.2, -0.15) is 5.10 Å². The van der Waals surface area contributed by atoms with E-state index in [2.05, 4.69) is 10.1 Å². The summed E-state index contributed by atoms with van der Waals surface area (Å²) in [6.07, 6.45) is 7.32. The van der Waals surface area contributed by atoms with Crippen LogP contribution in [0.5, 0.6) is 0 Å². The number of hydrogen-bond acceptors (Lipinski definition) is 4. The van der Waals surface area contributed by atoms with Gasteiger partial charge in [0.05, 0.1) is 12.2 Å². The summed E-state index contributed by atoms with van der Waals surface area (Å²) in [6.45, 7) is 0.489. The predicted molar refractivity (Wildman–Crippen MR) is 73.7 cm³/mol. The minimum absolute atomic E-state index is 0.117. The van der Waals surface area contributed by atoms with Gasteiger partial charge in [0, 0.05) is 38.7 Å². The molecule has 2 aromatic heterocycles. The van der Waals surface area contributed by atoms with Crippen molar-refractivity contribution in [2.24, 2.45) is 14.1 Å². The van der Waals surface area contributed by atoms with Gasteiger partial charge >= 0.3 is 0 Å². The quantitative estimate of drug-likeness (QED) is 0.882. The first-order valence-corrected chi connectivity index (χ1v) is 6.62. The fourth-order valence-electron chi connectivity index (χ4n) is 2.26. The molecule has 1 fully saturated rings. The van der Waals surface area contributed by atoms with E-state index in [0.717, 1.165) is 18.7 Å². The number of carbonyl (C=O) groups is 1. The van der Waals surface area contributed by atoms with Gasteiger partial charge in [-0.05, 0) is 12.8 Å². The minimum Gasteiger partial charge on any atom is -0.396 e. The van der Waals surface area contributed by atoms with Gasteiger partial charge in [0.25, 0.3) is 5.91 Å². The van der Waals surface area contributed by atoms with Gasteiger partial charge in [0.15, 0.2) is 5.69 Å². The zero-order valence-corrected chi connectivity index (χ0v) is 11.7. The van der Waals surface area contributed by atoms with Crippen molar-refractivity contribution in [3.8, 4) is 0 Å². The number of aryl methyl sites for hydroxylation is 2. The third-order valence-electron chi connectivity index (χ3n) is 3.54. The molecule has 20 heavy (non-hydrogen) atoms. The number of hydrogen-bond donors (Lipinski definition) is 1. The fraction of sp³-hybridized carbons (Fsp3) is 0.462. The number of rotatable bonds is 4. The van der Waals surface area contributed by atoms with Gasteiger partial charge < -0.3 is 15.2 Å². The van der Waals surface area contributed by atoms with Gasteiger partial charge in [-0.25, -0.2) is 4.98 Å². The molecular formula is C13H18N6O. The van der Waals surface area contributed by atoms with Crippen molar-refractivity contribution < 1.29 is 4.79 Å². The van der Waals surface area contributed by atoms with E-state index < -0.39 is 0 Å². The standard InChI is InChI=1S/C13H18N6O/c1-17-6-5-15-11(17)8-19(9-3-4-9)13(20)12-10(14)7-18(2)16-12/h5-7,9H,3-4,8,14H2,1-2H3. The van der Waals surface area contributed by atoms with Crippen LogP contribution in [-0.2, 0) is 20.6 Å². The largest absolute Gasteiger partial charge is 0.396 e. The molecule has 1 aliphatic rings. The molecule has 106 valence electrons. The molecule has 1 amide bonds. The first-order valence-electron chi connectivity index (χ1n) is 6.62. The lowest BCUT2D eigenvalue weighted by molar-refractivity contribution is 0.0718. The van der Waals surface area contributed by atoms with Gasteiger partial charge in [0.2, 0.25) is 0 Å². The van der Waals surface area contributed by atoms with E-state index in [1.165, 1.54) is 0 Å². The minimum atomic E-state index is -0.117. The van der Waals surface area contributed by atoms with Crippen LogP contribution in [0.2, 0.25) is 0 Å². The van der Waals surface area contributed by atoms with E-state index >= 15 is 0 Å². The maximum absolute atomic E-state index is 12.6. The van der Waals surface area contributed by atoms with Crippen LogP contribution in [0.25, 0.3) is 0 Å². The number of aromatic nitrogens is 4. The fourth-order valence-corrected chi connectivity index (χ4v) is 2.26. The first-order chi connectivity index (χ1) is 9.56. The summed E-state index contributed by atoms with van der Waals surface area (Å²) >= 11 is 0. The lowest BCUT2D eigenvalue weighted by atomic mass is 10.3. The van der Waals surface area contributed by atoms with Crippen LogP contribution in [0.1, 0.15) is 29.2 Å². The topological polar surface area (TPSA) is 82.0 Å². The molecule has 0 spiro atoms. The molecule has 0 saturated heterocycles. The molecule has 1 saturated carbocycles. The predicted octanol–water partition coefficient (Wildman–Crippen LogP) is 0.541. The highest BCUT2D eigenvalue weighted by atomic mass is 16.2. The molecule has 0 aliphatic heterocycles. The molecule has 2 N–H and O–H groups in total. The summed E-state index contributed by atoms with van der Waals surface area (Å²) < 4.78 is 3.48. The molecule has 0 aromatic carbocycles. The van der Waals surface area contributed by atoms with E-state index in [1.807, 2.05) is 22.7 Å². The SMILES string of the molecule is Cn1cc(N)c(C(=O)N(Cc2nccn2C)C2CC2)n1. The second-order valence-corrected chi connectivity index (χ2v) is 5.23. The Labute approximate surface area is 117 Å².